The van der Waals surface area contributed by atoms with Crippen molar-refractivity contribution in [1.82, 2.24) is 0 Å². The number of sulfone groups is 1. The third-order valence-electron chi connectivity index (χ3n) is 4.74. The highest BCUT2D eigenvalue weighted by atomic mass is 35.5. The Bertz CT molecular complexity index is 1110. The zero-order chi connectivity index (χ0) is 21.0. The minimum atomic E-state index is -3.49. The van der Waals surface area contributed by atoms with Gasteiger partial charge >= 0.3 is 0 Å². The molecule has 0 unspecified atom stereocenters. The van der Waals surface area contributed by atoms with Crippen molar-refractivity contribution in [3.8, 4) is 0 Å². The Morgan fingerprint density at radius 1 is 0.793 bits per heavy atom. The van der Waals surface area contributed by atoms with E-state index in [0.29, 0.717) is 16.3 Å². The van der Waals surface area contributed by atoms with E-state index in [0.717, 1.165) is 33.4 Å². The molecule has 0 aliphatic carbocycles. The highest BCUT2D eigenvalue weighted by Gasteiger charge is 2.19. The molecule has 0 aliphatic heterocycles. The van der Waals surface area contributed by atoms with Crippen molar-refractivity contribution in [3.05, 3.63) is 110 Å². The molecule has 0 aliphatic rings. The largest absolute Gasteiger partial charge is 0.224 e. The molecule has 0 aromatic heterocycles. The van der Waals surface area contributed by atoms with Gasteiger partial charge in [-0.15, -0.1) is 0 Å². The van der Waals surface area contributed by atoms with E-state index in [-0.39, 0.29) is 5.75 Å². The standard InChI is InChI=1S/C25H25ClO2S/c1-18-4-6-22(7-5-18)17-29(27,28)25(15-21-8-10-24(26)11-9-21)16-23-13-19(2)12-20(3)14-23/h4-14,16H,15,17H2,1-3H3/b25-16+. The van der Waals surface area contributed by atoms with Gasteiger partial charge in [-0.1, -0.05) is 82.9 Å². The molecule has 4 heteroatoms. The highest BCUT2D eigenvalue weighted by molar-refractivity contribution is 7.94. The number of rotatable bonds is 6. The van der Waals surface area contributed by atoms with Gasteiger partial charge in [0.15, 0.2) is 9.84 Å². The minimum Gasteiger partial charge on any atom is -0.224 e. The average molecular weight is 425 g/mol. The molecule has 0 bridgehead atoms. The van der Waals surface area contributed by atoms with Gasteiger partial charge in [-0.2, -0.15) is 0 Å². The molecule has 3 aromatic rings. The van der Waals surface area contributed by atoms with Crippen LogP contribution in [-0.4, -0.2) is 8.42 Å². The van der Waals surface area contributed by atoms with E-state index in [1.54, 1.807) is 18.2 Å². The summed E-state index contributed by atoms with van der Waals surface area (Å²) < 4.78 is 26.7. The number of halogens is 1. The number of hydrogen-bond acceptors (Lipinski definition) is 2. The van der Waals surface area contributed by atoms with Gasteiger partial charge in [0, 0.05) is 16.3 Å². The van der Waals surface area contributed by atoms with E-state index >= 15 is 0 Å². The summed E-state index contributed by atoms with van der Waals surface area (Å²) in [4.78, 5) is 0.408. The van der Waals surface area contributed by atoms with Gasteiger partial charge in [0.05, 0.1) is 5.75 Å². The quantitative estimate of drug-likeness (QED) is 0.454. The summed E-state index contributed by atoms with van der Waals surface area (Å²) >= 11 is 5.99. The van der Waals surface area contributed by atoms with E-state index in [9.17, 15) is 8.42 Å². The molecule has 3 rings (SSSR count). The van der Waals surface area contributed by atoms with Crippen LogP contribution < -0.4 is 0 Å². The molecule has 0 heterocycles. The summed E-state index contributed by atoms with van der Waals surface area (Å²) in [5.74, 6) is -0.0164. The molecule has 3 aromatic carbocycles. The van der Waals surface area contributed by atoms with Crippen molar-refractivity contribution in [3.63, 3.8) is 0 Å². The Hall–Kier alpha value is -2.36. The van der Waals surface area contributed by atoms with Crippen molar-refractivity contribution in [2.24, 2.45) is 0 Å². The summed E-state index contributed by atoms with van der Waals surface area (Å²) in [7, 11) is -3.49. The van der Waals surface area contributed by atoms with Crippen LogP contribution in [0.25, 0.3) is 6.08 Å². The van der Waals surface area contributed by atoms with Crippen LogP contribution in [0.5, 0.6) is 0 Å². The van der Waals surface area contributed by atoms with Gasteiger partial charge in [0.1, 0.15) is 0 Å². The molecule has 0 N–H and O–H groups in total. The second-order valence-corrected chi connectivity index (χ2v) is 10.1. The summed E-state index contributed by atoms with van der Waals surface area (Å²) in [6, 6.07) is 21.1. The third kappa shape index (κ3) is 6.06. The molecule has 0 spiro atoms. The second kappa shape index (κ2) is 8.98. The predicted molar refractivity (Wildman–Crippen MR) is 123 cm³/mol. The monoisotopic (exact) mass is 424 g/mol. The first-order chi connectivity index (χ1) is 13.7. The van der Waals surface area contributed by atoms with Crippen LogP contribution in [0, 0.1) is 20.8 Å². The molecule has 29 heavy (non-hydrogen) atoms. The summed E-state index contributed by atoms with van der Waals surface area (Å²) in [6.45, 7) is 6.03. The topological polar surface area (TPSA) is 34.1 Å². The lowest BCUT2D eigenvalue weighted by Crippen LogP contribution is -2.10. The zero-order valence-corrected chi connectivity index (χ0v) is 18.5. The van der Waals surface area contributed by atoms with E-state index in [1.165, 1.54) is 0 Å². The Morgan fingerprint density at radius 3 is 1.93 bits per heavy atom. The molecule has 0 amide bonds. The lowest BCUT2D eigenvalue weighted by atomic mass is 10.1. The van der Waals surface area contributed by atoms with Gasteiger partial charge in [-0.05, 0) is 55.7 Å². The molecule has 150 valence electrons. The fourth-order valence-electron chi connectivity index (χ4n) is 3.33. The van der Waals surface area contributed by atoms with E-state index in [2.05, 4.69) is 6.07 Å². The normalized spacial score (nSPS) is 12.2. The van der Waals surface area contributed by atoms with Gasteiger partial charge in [-0.25, -0.2) is 8.42 Å². The predicted octanol–water partition coefficient (Wildman–Crippen LogP) is 6.46. The van der Waals surface area contributed by atoms with Crippen molar-refractivity contribution in [2.75, 3.05) is 0 Å². The molecule has 0 radical (unpaired) electrons. The average Bonchev–Trinajstić information content (AvgIpc) is 2.64. The fraction of sp³-hybridized carbons (Fsp3) is 0.200. The lowest BCUT2D eigenvalue weighted by molar-refractivity contribution is 0.600. The molecule has 0 atom stereocenters. The lowest BCUT2D eigenvalue weighted by Gasteiger charge is -2.12. The Balaban J connectivity index is 2.01. The van der Waals surface area contributed by atoms with Crippen LogP contribution in [0.4, 0.5) is 0 Å². The summed E-state index contributed by atoms with van der Waals surface area (Å²) in [5.41, 5.74) is 5.93. The highest BCUT2D eigenvalue weighted by Crippen LogP contribution is 2.24. The van der Waals surface area contributed by atoms with Crippen LogP contribution in [0.15, 0.2) is 71.6 Å². The first-order valence-corrected chi connectivity index (χ1v) is 11.6. The van der Waals surface area contributed by atoms with Crippen LogP contribution in [0.2, 0.25) is 5.02 Å². The van der Waals surface area contributed by atoms with Crippen molar-refractivity contribution < 1.29 is 8.42 Å². The molecule has 2 nitrogen and oxygen atoms in total. The summed E-state index contributed by atoms with van der Waals surface area (Å²) in [5, 5.41) is 0.635. The van der Waals surface area contributed by atoms with Crippen LogP contribution in [0.1, 0.15) is 33.4 Å². The number of benzene rings is 3. The SMILES string of the molecule is Cc1ccc(CS(=O)(=O)/C(=C/c2cc(C)cc(C)c2)Cc2ccc(Cl)cc2)cc1. The van der Waals surface area contributed by atoms with Crippen molar-refractivity contribution in [2.45, 2.75) is 32.9 Å². The van der Waals surface area contributed by atoms with Crippen LogP contribution >= 0.6 is 11.6 Å². The summed E-state index contributed by atoms with van der Waals surface area (Å²) in [6.07, 6.45) is 2.14. The maximum Gasteiger partial charge on any atom is 0.179 e. The van der Waals surface area contributed by atoms with Gasteiger partial charge in [0.2, 0.25) is 0 Å². The first kappa shape index (κ1) is 21.4. The van der Waals surface area contributed by atoms with E-state index in [1.807, 2.05) is 69.3 Å². The van der Waals surface area contributed by atoms with Crippen molar-refractivity contribution in [1.29, 1.82) is 0 Å². The molecular formula is C25H25ClO2S. The Morgan fingerprint density at radius 2 is 1.34 bits per heavy atom. The Kier molecular flexibility index (Phi) is 6.61. The number of aryl methyl sites for hydroxylation is 3. The van der Waals surface area contributed by atoms with E-state index in [4.69, 9.17) is 11.6 Å². The smallest absolute Gasteiger partial charge is 0.179 e. The maximum atomic E-state index is 13.3. The Labute approximate surface area is 178 Å². The van der Waals surface area contributed by atoms with Gasteiger partial charge < -0.3 is 0 Å². The zero-order valence-electron chi connectivity index (χ0n) is 16.9. The van der Waals surface area contributed by atoms with E-state index < -0.39 is 9.84 Å². The molecule has 0 saturated carbocycles. The van der Waals surface area contributed by atoms with Crippen LogP contribution in [0.3, 0.4) is 0 Å². The maximum absolute atomic E-state index is 13.3. The molecular weight excluding hydrogens is 400 g/mol. The second-order valence-electron chi connectivity index (χ2n) is 7.58. The third-order valence-corrected chi connectivity index (χ3v) is 6.77. The minimum absolute atomic E-state index is 0.0164. The fourth-order valence-corrected chi connectivity index (χ4v) is 4.97. The molecule has 0 saturated heterocycles. The van der Waals surface area contributed by atoms with Gasteiger partial charge in [0.25, 0.3) is 0 Å². The van der Waals surface area contributed by atoms with Gasteiger partial charge in [-0.3, -0.25) is 0 Å². The number of hydrogen-bond donors (Lipinski definition) is 0. The van der Waals surface area contributed by atoms with Crippen molar-refractivity contribution >= 4 is 27.5 Å². The number of allylic oxidation sites excluding steroid dienone is 1. The van der Waals surface area contributed by atoms with Crippen LogP contribution in [-0.2, 0) is 22.0 Å². The first-order valence-electron chi connectivity index (χ1n) is 9.53. The molecule has 0 fully saturated rings.